The van der Waals surface area contributed by atoms with Crippen LogP contribution in [0, 0.1) is 0 Å². The maximum atomic E-state index is 10.1. The van der Waals surface area contributed by atoms with Crippen molar-refractivity contribution in [1.29, 1.82) is 0 Å². The molecule has 19 heavy (non-hydrogen) atoms. The third-order valence-electron chi connectivity index (χ3n) is 2.38. The van der Waals surface area contributed by atoms with Crippen molar-refractivity contribution in [3.8, 4) is 6.01 Å². The Balaban J connectivity index is 2.61. The van der Waals surface area contributed by atoms with Crippen LogP contribution in [0.25, 0.3) is 0 Å². The fraction of sp³-hybridized carbons (Fsp3) is 0.727. The van der Waals surface area contributed by atoms with Gasteiger partial charge in [0.05, 0.1) is 12.2 Å². The first-order valence-electron chi connectivity index (χ1n) is 6.06. The molecular weight excluding hydrogens is 250 g/mol. The van der Waals surface area contributed by atoms with Crippen LogP contribution in [0.3, 0.4) is 0 Å². The first-order valence-corrected chi connectivity index (χ1v) is 6.06. The minimum absolute atomic E-state index is 0.0671. The maximum absolute atomic E-state index is 10.1. The van der Waals surface area contributed by atoms with Crippen LogP contribution in [0.1, 0.15) is 20.3 Å². The van der Waals surface area contributed by atoms with E-state index < -0.39 is 5.60 Å². The number of aromatic nitrogens is 3. The monoisotopic (exact) mass is 271 g/mol. The molecule has 1 heterocycles. The molecule has 1 aromatic heterocycles. The number of nitrogens with one attached hydrogen (secondary N) is 1. The molecule has 108 valence electrons. The fourth-order valence-corrected chi connectivity index (χ4v) is 1.32. The molecule has 1 unspecified atom stereocenters. The number of aliphatic hydroxyl groups is 1. The van der Waals surface area contributed by atoms with Gasteiger partial charge in [0.15, 0.2) is 0 Å². The van der Waals surface area contributed by atoms with Gasteiger partial charge in [-0.25, -0.2) is 0 Å². The van der Waals surface area contributed by atoms with Crippen LogP contribution < -0.4 is 15.8 Å². The second-order valence-electron chi connectivity index (χ2n) is 4.33. The number of nitrogen functional groups attached to an aromatic ring is 1. The zero-order valence-corrected chi connectivity index (χ0v) is 11.5. The van der Waals surface area contributed by atoms with Crippen molar-refractivity contribution in [3.63, 3.8) is 0 Å². The van der Waals surface area contributed by atoms with Gasteiger partial charge < -0.3 is 25.6 Å². The first-order chi connectivity index (χ1) is 8.96. The SMILES string of the molecule is CCOc1nc(N)nc(NCC(C)(O)CCOC)n1. The van der Waals surface area contributed by atoms with E-state index in [1.54, 1.807) is 14.0 Å². The van der Waals surface area contributed by atoms with Crippen molar-refractivity contribution in [3.05, 3.63) is 0 Å². The van der Waals surface area contributed by atoms with Gasteiger partial charge in [-0.05, 0) is 13.8 Å². The number of anilines is 2. The van der Waals surface area contributed by atoms with E-state index in [1.807, 2.05) is 6.92 Å². The van der Waals surface area contributed by atoms with Crippen molar-refractivity contribution in [2.24, 2.45) is 0 Å². The lowest BCUT2D eigenvalue weighted by Gasteiger charge is -2.23. The van der Waals surface area contributed by atoms with Crippen LogP contribution in [-0.4, -0.2) is 52.5 Å². The number of rotatable bonds is 8. The third kappa shape index (κ3) is 5.66. The molecule has 0 aliphatic heterocycles. The molecule has 1 aromatic rings. The Kier molecular flexibility index (Phi) is 5.71. The summed E-state index contributed by atoms with van der Waals surface area (Å²) in [6, 6.07) is 0.161. The highest BCUT2D eigenvalue weighted by molar-refractivity contribution is 5.32. The normalized spacial score (nSPS) is 13.9. The molecule has 0 fully saturated rings. The predicted octanol–water partition coefficient (Wildman–Crippen LogP) is 0.0519. The Hall–Kier alpha value is -1.67. The predicted molar refractivity (Wildman–Crippen MR) is 71.0 cm³/mol. The topological polar surface area (TPSA) is 115 Å². The highest BCUT2D eigenvalue weighted by Gasteiger charge is 2.20. The van der Waals surface area contributed by atoms with Crippen LogP contribution in [0.2, 0.25) is 0 Å². The highest BCUT2D eigenvalue weighted by Crippen LogP contribution is 2.13. The van der Waals surface area contributed by atoms with Gasteiger partial charge in [0.25, 0.3) is 0 Å². The Morgan fingerprint density at radius 2 is 2.11 bits per heavy atom. The van der Waals surface area contributed by atoms with Gasteiger partial charge in [-0.1, -0.05) is 0 Å². The van der Waals surface area contributed by atoms with Crippen LogP contribution in [0.4, 0.5) is 11.9 Å². The van der Waals surface area contributed by atoms with Crippen LogP contribution in [0.5, 0.6) is 6.01 Å². The number of nitrogens with zero attached hydrogens (tertiary/aromatic N) is 3. The zero-order valence-electron chi connectivity index (χ0n) is 11.5. The molecule has 0 aromatic carbocycles. The Labute approximate surface area is 112 Å². The molecule has 4 N–H and O–H groups in total. The van der Waals surface area contributed by atoms with Crippen LogP contribution in [-0.2, 0) is 4.74 Å². The second-order valence-corrected chi connectivity index (χ2v) is 4.33. The number of hydrogen-bond donors (Lipinski definition) is 3. The highest BCUT2D eigenvalue weighted by atomic mass is 16.5. The third-order valence-corrected chi connectivity index (χ3v) is 2.38. The number of ether oxygens (including phenoxy) is 2. The molecule has 0 saturated heterocycles. The van der Waals surface area contributed by atoms with Gasteiger partial charge >= 0.3 is 6.01 Å². The largest absolute Gasteiger partial charge is 0.464 e. The van der Waals surface area contributed by atoms with Gasteiger partial charge in [0.1, 0.15) is 0 Å². The van der Waals surface area contributed by atoms with Gasteiger partial charge in [-0.2, -0.15) is 15.0 Å². The van der Waals surface area contributed by atoms with Crippen LogP contribution >= 0.6 is 0 Å². The summed E-state index contributed by atoms with van der Waals surface area (Å²) in [4.78, 5) is 11.8. The summed E-state index contributed by atoms with van der Waals surface area (Å²) in [6.07, 6.45) is 0.495. The number of nitrogens with two attached hydrogens (primary N) is 1. The van der Waals surface area contributed by atoms with Gasteiger partial charge in [-0.15, -0.1) is 0 Å². The van der Waals surface area contributed by atoms with Crippen molar-refractivity contribution in [1.82, 2.24) is 15.0 Å². The summed E-state index contributed by atoms with van der Waals surface area (Å²) < 4.78 is 10.1. The molecule has 0 radical (unpaired) electrons. The standard InChI is InChI=1S/C11H21N5O3/c1-4-19-10-15-8(12)14-9(16-10)13-7-11(2,17)5-6-18-3/h17H,4-7H2,1-3H3,(H3,12,13,14,15,16). The van der Waals surface area contributed by atoms with Crippen molar-refractivity contribution in [2.45, 2.75) is 25.9 Å². The van der Waals surface area contributed by atoms with Crippen LogP contribution in [0.15, 0.2) is 0 Å². The molecule has 8 nitrogen and oxygen atoms in total. The molecule has 1 atom stereocenters. The minimum Gasteiger partial charge on any atom is -0.464 e. The average molecular weight is 271 g/mol. The van der Waals surface area contributed by atoms with Gasteiger partial charge in [0, 0.05) is 26.7 Å². The molecule has 0 aliphatic rings. The summed E-state index contributed by atoms with van der Waals surface area (Å²) in [5, 5.41) is 13.0. The van der Waals surface area contributed by atoms with E-state index in [4.69, 9.17) is 15.2 Å². The van der Waals surface area contributed by atoms with Crippen molar-refractivity contribution >= 4 is 11.9 Å². The Morgan fingerprint density at radius 1 is 1.37 bits per heavy atom. The fourth-order valence-electron chi connectivity index (χ4n) is 1.32. The smallest absolute Gasteiger partial charge is 0.323 e. The molecule has 0 amide bonds. The zero-order chi connectivity index (χ0) is 14.3. The minimum atomic E-state index is -0.927. The summed E-state index contributed by atoms with van der Waals surface area (Å²) in [6.45, 7) is 4.70. The van der Waals surface area contributed by atoms with E-state index in [2.05, 4.69) is 20.3 Å². The lowest BCUT2D eigenvalue weighted by Crippen LogP contribution is -2.35. The molecule has 0 saturated carbocycles. The Bertz CT molecular complexity index is 400. The molecule has 1 rings (SSSR count). The van der Waals surface area contributed by atoms with E-state index in [1.165, 1.54) is 0 Å². The first kappa shape index (κ1) is 15.4. The lowest BCUT2D eigenvalue weighted by molar-refractivity contribution is 0.0356. The quantitative estimate of drug-likeness (QED) is 0.607. The summed E-state index contributed by atoms with van der Waals surface area (Å²) in [5.74, 6) is 0.339. The van der Waals surface area contributed by atoms with Gasteiger partial charge in [0.2, 0.25) is 11.9 Å². The van der Waals surface area contributed by atoms with E-state index in [-0.39, 0.29) is 24.5 Å². The summed E-state index contributed by atoms with van der Waals surface area (Å²) >= 11 is 0. The number of hydrogen-bond acceptors (Lipinski definition) is 8. The molecular formula is C11H21N5O3. The second kappa shape index (κ2) is 7.05. The summed E-state index contributed by atoms with van der Waals surface area (Å²) in [5.41, 5.74) is 4.62. The number of methoxy groups -OCH3 is 1. The molecule has 8 heteroatoms. The molecule has 0 bridgehead atoms. The average Bonchev–Trinajstić information content (AvgIpc) is 2.34. The maximum Gasteiger partial charge on any atom is 0.323 e. The Morgan fingerprint density at radius 3 is 2.74 bits per heavy atom. The summed E-state index contributed by atoms with van der Waals surface area (Å²) in [7, 11) is 1.59. The van der Waals surface area contributed by atoms with Crippen molar-refractivity contribution in [2.75, 3.05) is 37.9 Å². The van der Waals surface area contributed by atoms with E-state index in [0.717, 1.165) is 0 Å². The lowest BCUT2D eigenvalue weighted by atomic mass is 10.0. The van der Waals surface area contributed by atoms with Crippen molar-refractivity contribution < 1.29 is 14.6 Å². The molecule has 0 aliphatic carbocycles. The van der Waals surface area contributed by atoms with E-state index in [0.29, 0.717) is 19.6 Å². The van der Waals surface area contributed by atoms with E-state index >= 15 is 0 Å². The van der Waals surface area contributed by atoms with Gasteiger partial charge in [-0.3, -0.25) is 0 Å². The molecule has 0 spiro atoms. The van der Waals surface area contributed by atoms with E-state index in [9.17, 15) is 5.11 Å².